The summed E-state index contributed by atoms with van der Waals surface area (Å²) in [6.45, 7) is 5.80. The molecule has 0 aliphatic carbocycles. The largest absolute Gasteiger partial charge is 0.508 e. The van der Waals surface area contributed by atoms with E-state index in [0.717, 1.165) is 70.9 Å². The van der Waals surface area contributed by atoms with Crippen LogP contribution in [0.2, 0.25) is 0 Å². The minimum atomic E-state index is -2.29. The first-order valence-electron chi connectivity index (χ1n) is 29.7. The fraction of sp³-hybridized carbons (Fsp3) is 0.508. The minimum Gasteiger partial charge on any atom is -0.508 e. The fourth-order valence-electron chi connectivity index (χ4n) is 10.8. The number of nitrogens with one attached hydrogen (secondary N) is 5. The summed E-state index contributed by atoms with van der Waals surface area (Å²) in [4.78, 5) is 104. The van der Waals surface area contributed by atoms with Gasteiger partial charge in [0.25, 0.3) is 5.91 Å². The van der Waals surface area contributed by atoms with Crippen molar-refractivity contribution in [3.05, 3.63) is 108 Å². The zero-order valence-corrected chi connectivity index (χ0v) is 50.6. The highest BCUT2D eigenvalue weighted by Gasteiger charge is 2.50. The van der Waals surface area contributed by atoms with Crippen molar-refractivity contribution in [3.8, 4) is 33.8 Å². The molecule has 0 spiro atoms. The maximum absolute atomic E-state index is 14.8. The Hall–Kier alpha value is -7.59. The predicted octanol–water partition coefficient (Wildman–Crippen LogP) is -0.197. The molecule has 478 valence electrons. The first-order valence-corrected chi connectivity index (χ1v) is 29.7. The van der Waals surface area contributed by atoms with Gasteiger partial charge >= 0.3 is 0 Å². The molecule has 4 aromatic carbocycles. The van der Waals surface area contributed by atoms with Crippen LogP contribution in [0, 0.1) is 5.92 Å². The lowest BCUT2D eigenvalue weighted by molar-refractivity contribution is -0.870. The summed E-state index contributed by atoms with van der Waals surface area (Å²) in [5.41, 5.74) is 3.48. The molecule has 25 heteroatoms. The molecule has 4 aromatic rings. The first kappa shape index (κ1) is 67.9. The Balaban J connectivity index is 1.23. The molecule has 3 aliphatic rings. The van der Waals surface area contributed by atoms with E-state index in [9.17, 15) is 74.4 Å². The third-order valence-electron chi connectivity index (χ3n) is 16.1. The monoisotopic (exact) mass is 1230 g/mol. The molecule has 3 fully saturated rings. The summed E-state index contributed by atoms with van der Waals surface area (Å²) < 4.78 is 12.3. The molecular weight excluding hydrogens is 1140 g/mol. The topological polar surface area (TPSA) is 366 Å². The fourth-order valence-corrected chi connectivity index (χ4v) is 10.8. The van der Waals surface area contributed by atoms with Crippen molar-refractivity contribution in [2.45, 2.75) is 145 Å². The van der Waals surface area contributed by atoms with Gasteiger partial charge in [0.05, 0.1) is 58.8 Å². The molecule has 0 aromatic heterocycles. The number of carbonyl (C=O) groups is 7. The minimum absolute atomic E-state index is 0.0470. The van der Waals surface area contributed by atoms with E-state index in [1.165, 1.54) is 43.3 Å². The molecule has 15 atom stereocenters. The van der Waals surface area contributed by atoms with Crippen molar-refractivity contribution in [2.75, 3.05) is 54.0 Å². The van der Waals surface area contributed by atoms with Crippen LogP contribution in [0.4, 0.5) is 0 Å². The van der Waals surface area contributed by atoms with Crippen molar-refractivity contribution in [1.29, 1.82) is 0 Å². The lowest BCUT2D eigenvalue weighted by Gasteiger charge is -2.34. The van der Waals surface area contributed by atoms with Crippen LogP contribution in [0.3, 0.4) is 0 Å². The van der Waals surface area contributed by atoms with Crippen LogP contribution in [0.1, 0.15) is 81.8 Å². The molecule has 3 aliphatic heterocycles. The van der Waals surface area contributed by atoms with Crippen LogP contribution in [0.25, 0.3) is 22.3 Å². The Morgan fingerprint density at radius 2 is 1.18 bits per heavy atom. The number of phenolic OH excluding ortho intramolecular Hbond substituents is 1. The molecule has 15 unspecified atom stereocenters. The highest BCUT2D eigenvalue weighted by molar-refractivity contribution is 6.00. The van der Waals surface area contributed by atoms with E-state index in [0.29, 0.717) is 11.1 Å². The normalized spacial score (nSPS) is 26.7. The van der Waals surface area contributed by atoms with E-state index in [1.807, 2.05) is 69.7 Å². The number of aliphatic hydroxyl groups excluding tert-OH is 7. The van der Waals surface area contributed by atoms with E-state index in [2.05, 4.69) is 33.5 Å². The first-order chi connectivity index (χ1) is 41.6. The van der Waals surface area contributed by atoms with Gasteiger partial charge in [-0.1, -0.05) is 87.4 Å². The van der Waals surface area contributed by atoms with Gasteiger partial charge in [-0.05, 0) is 84.5 Å². The second-order valence-electron chi connectivity index (χ2n) is 24.1. The summed E-state index contributed by atoms with van der Waals surface area (Å²) in [5.74, 6) is -8.24. The van der Waals surface area contributed by atoms with Gasteiger partial charge < -0.3 is 91.2 Å². The van der Waals surface area contributed by atoms with Crippen molar-refractivity contribution in [2.24, 2.45) is 5.92 Å². The molecule has 3 heterocycles. The summed E-state index contributed by atoms with van der Waals surface area (Å²) in [5, 5.41) is 103. The average molecular weight is 1230 g/mol. The summed E-state index contributed by atoms with van der Waals surface area (Å²) in [6.07, 6.45) is -12.6. The van der Waals surface area contributed by atoms with E-state index < -0.39 is 152 Å². The molecule has 13 N–H and O–H groups in total. The predicted molar refractivity (Wildman–Crippen MR) is 320 cm³/mol. The molecule has 0 bridgehead atoms. The second-order valence-corrected chi connectivity index (χ2v) is 24.1. The Kier molecular flexibility index (Phi) is 23.2. The Bertz CT molecular complexity index is 3040. The number of hydrogen-bond acceptors (Lipinski definition) is 17. The second kappa shape index (κ2) is 30.1. The molecule has 88 heavy (non-hydrogen) atoms. The number of rotatable bonds is 18. The van der Waals surface area contributed by atoms with E-state index in [1.54, 1.807) is 12.1 Å². The van der Waals surface area contributed by atoms with Gasteiger partial charge in [0.15, 0.2) is 6.23 Å². The lowest BCUT2D eigenvalue weighted by atomic mass is 9.96. The standard InChI is InChI=1S/C63H84N8O17/c1-8-9-10-28-87-45-25-21-40(22-26-45)38-13-11-37(12-14-38)39-15-17-42(18-16-39)56(80)64-46-31-48(76)61(88-29-27-71(5,6)7)68-60(84)52-53(77)34(2)32-70(52)63(86)50(36(4)73)66-59(83)51(55(79)54(78)41-19-23-43(74)24-20-41)67-58(82)47-30-44(75)33-69(47)62(85)49(35(3)72)65-57(46)81/h11-26,34-36,44,46-55,61,72-73,75-79H,8-10,27-33H2,1-7H3,(H5-,64,65,66,67,68,74,80,81,82,83,84)/p+1. The van der Waals surface area contributed by atoms with Crippen molar-refractivity contribution >= 4 is 41.4 Å². The van der Waals surface area contributed by atoms with Crippen molar-refractivity contribution < 1.29 is 88.4 Å². The average Bonchev–Trinajstić information content (AvgIpc) is 2.08. The van der Waals surface area contributed by atoms with Crippen LogP contribution in [0.15, 0.2) is 97.1 Å². The van der Waals surface area contributed by atoms with Gasteiger partial charge in [0, 0.05) is 37.4 Å². The maximum atomic E-state index is 14.8. The number of likely N-dealkylation sites (N-methyl/N-ethyl adjacent to an activating group) is 1. The van der Waals surface area contributed by atoms with E-state index in [4.69, 9.17) is 9.47 Å². The van der Waals surface area contributed by atoms with Gasteiger partial charge in [-0.2, -0.15) is 0 Å². The van der Waals surface area contributed by atoms with Gasteiger partial charge in [-0.25, -0.2) is 0 Å². The van der Waals surface area contributed by atoms with Crippen LogP contribution < -0.4 is 31.3 Å². The zero-order chi connectivity index (χ0) is 64.3. The summed E-state index contributed by atoms with van der Waals surface area (Å²) >= 11 is 0. The number of fused-ring (bicyclic) bond motifs is 2. The number of ether oxygens (including phenoxy) is 2. The Morgan fingerprint density at radius 1 is 0.648 bits per heavy atom. The smallest absolute Gasteiger partial charge is 0.251 e. The Morgan fingerprint density at radius 3 is 1.74 bits per heavy atom. The third kappa shape index (κ3) is 17.2. The van der Waals surface area contributed by atoms with Crippen LogP contribution >= 0.6 is 0 Å². The zero-order valence-electron chi connectivity index (χ0n) is 50.6. The van der Waals surface area contributed by atoms with Gasteiger partial charge in [0.1, 0.15) is 72.6 Å². The van der Waals surface area contributed by atoms with Gasteiger partial charge in [0.2, 0.25) is 35.4 Å². The van der Waals surface area contributed by atoms with Crippen molar-refractivity contribution in [3.63, 3.8) is 0 Å². The molecule has 0 radical (unpaired) electrons. The number of amides is 7. The molecule has 3 saturated heterocycles. The Labute approximate surface area is 511 Å². The highest BCUT2D eigenvalue weighted by Crippen LogP contribution is 2.30. The number of hydrogen-bond donors (Lipinski definition) is 13. The summed E-state index contributed by atoms with van der Waals surface area (Å²) in [6, 6.07) is 15.3. The third-order valence-corrected chi connectivity index (χ3v) is 16.1. The lowest BCUT2D eigenvalue weighted by Crippen LogP contribution is -2.64. The number of unbranched alkanes of at least 4 members (excludes halogenated alkanes) is 2. The van der Waals surface area contributed by atoms with Gasteiger partial charge in [-0.3, -0.25) is 33.6 Å². The highest BCUT2D eigenvalue weighted by atomic mass is 16.5. The SMILES string of the molecule is CCCCCOc1ccc(-c2ccc(-c3ccc(C(=O)NC4CC(O)C(OCC[N+](C)(C)C)NC(=O)C5C(O)C(C)CN5C(=O)C(C(C)O)NC(=O)C(C(O)C(O)c5ccc(O)cc5)NC(=O)C5CC(O)CN5C(=O)C(C(C)O)NC4=O)cc3)cc2)cc1. The quantitative estimate of drug-likeness (QED) is 0.0453. The number of phenols is 1. The molecular formula is C63H85N8O17+. The number of benzene rings is 4. The van der Waals surface area contributed by atoms with Crippen LogP contribution in [-0.2, 0) is 33.5 Å². The van der Waals surface area contributed by atoms with E-state index in [-0.39, 0.29) is 36.6 Å². The summed E-state index contributed by atoms with van der Waals surface area (Å²) in [7, 11) is 5.52. The number of nitrogens with zero attached hydrogens (tertiary/aromatic N) is 3. The number of quaternary nitrogens is 1. The number of carbonyl (C=O) groups excluding carboxylic acids is 7. The molecule has 7 rings (SSSR count). The van der Waals surface area contributed by atoms with Crippen LogP contribution in [-0.4, -0.2) is 230 Å². The van der Waals surface area contributed by atoms with Crippen LogP contribution in [0.5, 0.6) is 11.5 Å². The van der Waals surface area contributed by atoms with Gasteiger partial charge in [-0.15, -0.1) is 0 Å². The maximum Gasteiger partial charge on any atom is 0.251 e. The molecule has 25 nitrogen and oxygen atoms in total. The number of aromatic hydroxyl groups is 1. The molecule has 0 saturated carbocycles. The van der Waals surface area contributed by atoms with E-state index >= 15 is 0 Å². The molecule has 7 amide bonds. The number of aliphatic hydroxyl groups is 7. The van der Waals surface area contributed by atoms with Crippen molar-refractivity contribution in [1.82, 2.24) is 36.4 Å².